The van der Waals surface area contributed by atoms with Crippen molar-refractivity contribution in [3.05, 3.63) is 34.9 Å². The molecule has 3 unspecified atom stereocenters. The molecule has 206 valence electrons. The molecule has 0 amide bonds. The van der Waals surface area contributed by atoms with Gasteiger partial charge >= 0.3 is 12.1 Å². The highest BCUT2D eigenvalue weighted by Crippen LogP contribution is 2.29. The number of aromatic nitrogens is 1. The number of pyridine rings is 1. The summed E-state index contributed by atoms with van der Waals surface area (Å²) in [7, 11) is 0. The number of thioether (sulfide) groups is 1. The van der Waals surface area contributed by atoms with Crippen molar-refractivity contribution in [3.63, 3.8) is 0 Å². The summed E-state index contributed by atoms with van der Waals surface area (Å²) >= 11 is 1.40. The minimum absolute atomic E-state index is 0.107. The van der Waals surface area contributed by atoms with Gasteiger partial charge in [0.05, 0.1) is 5.56 Å². The molecule has 1 rings (SSSR count). The molecule has 0 aromatic carbocycles. The van der Waals surface area contributed by atoms with Gasteiger partial charge in [0.1, 0.15) is 11.9 Å². The lowest BCUT2D eigenvalue weighted by atomic mass is 9.91. The summed E-state index contributed by atoms with van der Waals surface area (Å²) in [6.45, 7) is 11.3. The van der Waals surface area contributed by atoms with E-state index in [0.717, 1.165) is 36.8 Å². The molecule has 1 aromatic rings. The van der Waals surface area contributed by atoms with Crippen LogP contribution in [0.5, 0.6) is 0 Å². The standard InChI is InChI=1S/C28H45F3N2O2S/c1-20(2)9-6-10-21(3)11-7-12-22(4)13-8-14-23(5)18-36-19-25(27(34)35)33-26-16-15-24(17-32-26)28(29,30)31/h15-18,20-22,25H,6-14,19H2,1-5H3,(H,32,33)(H,34,35). The molecule has 3 atom stereocenters. The van der Waals surface area contributed by atoms with Crippen LogP contribution in [-0.2, 0) is 11.0 Å². The fraction of sp³-hybridized carbons (Fsp3) is 0.714. The van der Waals surface area contributed by atoms with Gasteiger partial charge in [-0.2, -0.15) is 13.2 Å². The van der Waals surface area contributed by atoms with E-state index in [0.29, 0.717) is 12.1 Å². The van der Waals surface area contributed by atoms with Crippen molar-refractivity contribution in [1.29, 1.82) is 0 Å². The lowest BCUT2D eigenvalue weighted by Gasteiger charge is -2.15. The van der Waals surface area contributed by atoms with E-state index in [1.54, 1.807) is 0 Å². The van der Waals surface area contributed by atoms with Crippen molar-refractivity contribution in [1.82, 2.24) is 4.98 Å². The van der Waals surface area contributed by atoms with Gasteiger partial charge in [-0.15, -0.1) is 11.8 Å². The van der Waals surface area contributed by atoms with E-state index in [2.05, 4.69) is 44.9 Å². The maximum absolute atomic E-state index is 12.7. The van der Waals surface area contributed by atoms with E-state index >= 15 is 0 Å². The largest absolute Gasteiger partial charge is 0.480 e. The van der Waals surface area contributed by atoms with Crippen molar-refractivity contribution in [2.24, 2.45) is 17.8 Å². The number of carboxylic acids is 1. The van der Waals surface area contributed by atoms with Gasteiger partial charge in [-0.05, 0) is 55.1 Å². The zero-order valence-corrected chi connectivity index (χ0v) is 23.4. The molecule has 0 aliphatic rings. The molecular formula is C28H45F3N2O2S. The molecule has 1 aromatic heterocycles. The number of alkyl halides is 3. The average molecular weight is 531 g/mol. The van der Waals surface area contributed by atoms with Crippen LogP contribution in [0.3, 0.4) is 0 Å². The summed E-state index contributed by atoms with van der Waals surface area (Å²) in [5.74, 6) is 1.62. The summed E-state index contributed by atoms with van der Waals surface area (Å²) in [6.07, 6.45) is 7.42. The third kappa shape index (κ3) is 14.8. The molecule has 0 fully saturated rings. The number of nitrogens with zero attached hydrogens (tertiary/aromatic N) is 1. The Hall–Kier alpha value is -1.70. The molecule has 0 spiro atoms. The molecule has 0 aliphatic heterocycles. The van der Waals surface area contributed by atoms with Crippen LogP contribution in [0.25, 0.3) is 0 Å². The Bertz CT molecular complexity index is 782. The number of halogens is 3. The second-order valence-electron chi connectivity index (χ2n) is 10.6. The van der Waals surface area contributed by atoms with Gasteiger partial charge in [-0.3, -0.25) is 0 Å². The predicted molar refractivity (Wildman–Crippen MR) is 145 cm³/mol. The van der Waals surface area contributed by atoms with E-state index < -0.39 is 23.8 Å². The smallest absolute Gasteiger partial charge is 0.417 e. The molecule has 8 heteroatoms. The molecular weight excluding hydrogens is 485 g/mol. The number of allylic oxidation sites excluding steroid dienone is 1. The minimum atomic E-state index is -4.47. The van der Waals surface area contributed by atoms with Crippen LogP contribution in [-0.4, -0.2) is 27.9 Å². The van der Waals surface area contributed by atoms with Gasteiger partial charge < -0.3 is 10.4 Å². The number of nitrogens with one attached hydrogen (secondary N) is 1. The Morgan fingerprint density at radius 3 is 2.11 bits per heavy atom. The summed E-state index contributed by atoms with van der Waals surface area (Å²) < 4.78 is 38.0. The Morgan fingerprint density at radius 2 is 1.61 bits per heavy atom. The Labute approximate surface area is 219 Å². The van der Waals surface area contributed by atoms with Crippen LogP contribution in [0.4, 0.5) is 19.0 Å². The Balaban J connectivity index is 2.29. The van der Waals surface area contributed by atoms with Crippen molar-refractivity contribution in [2.75, 3.05) is 11.1 Å². The molecule has 0 radical (unpaired) electrons. The number of anilines is 1. The second kappa shape index (κ2) is 16.9. The lowest BCUT2D eigenvalue weighted by molar-refractivity contribution is -0.138. The number of rotatable bonds is 18. The molecule has 4 nitrogen and oxygen atoms in total. The zero-order valence-electron chi connectivity index (χ0n) is 22.5. The number of aliphatic carboxylic acids is 1. The highest BCUT2D eigenvalue weighted by molar-refractivity contribution is 8.02. The van der Waals surface area contributed by atoms with Crippen LogP contribution in [0, 0.1) is 17.8 Å². The van der Waals surface area contributed by atoms with Gasteiger partial charge in [0.15, 0.2) is 0 Å². The first kappa shape index (κ1) is 32.3. The molecule has 0 saturated carbocycles. The first-order valence-electron chi connectivity index (χ1n) is 13.2. The fourth-order valence-electron chi connectivity index (χ4n) is 4.05. The monoisotopic (exact) mass is 530 g/mol. The van der Waals surface area contributed by atoms with E-state index in [4.69, 9.17) is 0 Å². The van der Waals surface area contributed by atoms with Crippen LogP contribution in [0.2, 0.25) is 0 Å². The van der Waals surface area contributed by atoms with Crippen molar-refractivity contribution < 1.29 is 23.1 Å². The van der Waals surface area contributed by atoms with Crippen LogP contribution in [0.1, 0.15) is 98.0 Å². The summed E-state index contributed by atoms with van der Waals surface area (Å²) in [4.78, 5) is 15.3. The number of carbonyl (C=O) groups is 1. The van der Waals surface area contributed by atoms with Gasteiger partial charge in [0.25, 0.3) is 0 Å². The van der Waals surface area contributed by atoms with Gasteiger partial charge in [0.2, 0.25) is 0 Å². The van der Waals surface area contributed by atoms with E-state index in [1.165, 1.54) is 62.3 Å². The first-order chi connectivity index (χ1) is 16.9. The van der Waals surface area contributed by atoms with Crippen molar-refractivity contribution in [3.8, 4) is 0 Å². The number of carboxylic acid groups (broad SMARTS) is 1. The van der Waals surface area contributed by atoms with E-state index in [9.17, 15) is 23.1 Å². The maximum atomic E-state index is 12.7. The van der Waals surface area contributed by atoms with Gasteiger partial charge in [-0.25, -0.2) is 9.78 Å². The van der Waals surface area contributed by atoms with Crippen LogP contribution >= 0.6 is 11.8 Å². The van der Waals surface area contributed by atoms with Gasteiger partial charge in [0, 0.05) is 11.9 Å². The second-order valence-corrected chi connectivity index (χ2v) is 11.5. The molecule has 0 aliphatic carbocycles. The predicted octanol–water partition coefficient (Wildman–Crippen LogP) is 9.04. The zero-order chi connectivity index (χ0) is 27.1. The normalized spacial score (nSPS) is 15.1. The topological polar surface area (TPSA) is 62.2 Å². The molecule has 2 N–H and O–H groups in total. The third-order valence-corrected chi connectivity index (χ3v) is 7.49. The molecule has 0 saturated heterocycles. The minimum Gasteiger partial charge on any atom is -0.480 e. The Morgan fingerprint density at radius 1 is 1.03 bits per heavy atom. The van der Waals surface area contributed by atoms with Crippen molar-refractivity contribution in [2.45, 2.75) is 105 Å². The fourth-order valence-corrected chi connectivity index (χ4v) is 4.97. The van der Waals surface area contributed by atoms with E-state index in [-0.39, 0.29) is 11.6 Å². The van der Waals surface area contributed by atoms with Crippen LogP contribution in [0.15, 0.2) is 29.3 Å². The third-order valence-electron chi connectivity index (χ3n) is 6.40. The highest BCUT2D eigenvalue weighted by atomic mass is 32.2. The quantitative estimate of drug-likeness (QED) is 0.198. The maximum Gasteiger partial charge on any atom is 0.417 e. The average Bonchev–Trinajstić information content (AvgIpc) is 2.77. The van der Waals surface area contributed by atoms with Crippen molar-refractivity contribution >= 4 is 23.5 Å². The summed E-state index contributed by atoms with van der Waals surface area (Å²) in [5, 5.41) is 14.1. The summed E-state index contributed by atoms with van der Waals surface area (Å²) in [5.41, 5.74) is 0.344. The SMILES string of the molecule is CC(=CSCC(Nc1ccc(C(F)(F)F)cn1)C(=O)O)CCCC(C)CCCC(C)CCCC(C)C. The number of hydrogen-bond donors (Lipinski definition) is 2. The summed E-state index contributed by atoms with van der Waals surface area (Å²) in [6, 6.07) is 1.09. The van der Waals surface area contributed by atoms with Gasteiger partial charge in [-0.1, -0.05) is 78.2 Å². The number of hydrogen-bond acceptors (Lipinski definition) is 4. The molecule has 0 bridgehead atoms. The van der Waals surface area contributed by atoms with E-state index in [1.807, 2.05) is 5.41 Å². The Kier molecular flexibility index (Phi) is 15.2. The first-order valence-corrected chi connectivity index (χ1v) is 14.2. The van der Waals surface area contributed by atoms with Crippen LogP contribution < -0.4 is 5.32 Å². The molecule has 1 heterocycles. The highest BCUT2D eigenvalue weighted by Gasteiger charge is 2.30. The lowest BCUT2D eigenvalue weighted by Crippen LogP contribution is -2.32. The molecule has 36 heavy (non-hydrogen) atoms.